The molecule has 2 rings (SSSR count). The molecular weight excluding hydrogens is 296 g/mol. The molecule has 0 aliphatic heterocycles. The van der Waals surface area contributed by atoms with E-state index < -0.39 is 5.63 Å². The first-order valence-electron chi connectivity index (χ1n) is 7.77. The van der Waals surface area contributed by atoms with Crippen molar-refractivity contribution >= 4 is 11.0 Å². The summed E-state index contributed by atoms with van der Waals surface area (Å²) < 4.78 is 16.6. The van der Waals surface area contributed by atoms with Gasteiger partial charge in [-0.15, -0.1) is 0 Å². The van der Waals surface area contributed by atoms with Crippen LogP contribution in [0.3, 0.4) is 0 Å². The molecule has 0 fully saturated rings. The predicted octanol–water partition coefficient (Wildman–Crippen LogP) is 4.02. The molecule has 0 saturated carbocycles. The lowest BCUT2D eigenvalue weighted by molar-refractivity contribution is 0.219. The van der Waals surface area contributed by atoms with Gasteiger partial charge < -0.3 is 19.0 Å². The fourth-order valence-electron chi connectivity index (χ4n) is 2.16. The van der Waals surface area contributed by atoms with E-state index >= 15 is 0 Å². The van der Waals surface area contributed by atoms with E-state index in [1.165, 1.54) is 6.07 Å². The maximum absolute atomic E-state index is 12.2. The highest BCUT2D eigenvalue weighted by atomic mass is 16.5. The van der Waals surface area contributed by atoms with Gasteiger partial charge in [-0.3, -0.25) is 0 Å². The molecule has 124 valence electrons. The Labute approximate surface area is 135 Å². The zero-order valence-corrected chi connectivity index (χ0v) is 13.7. The lowest BCUT2D eigenvalue weighted by Crippen LogP contribution is -2.14. The average Bonchev–Trinajstić information content (AvgIpc) is 2.50. The van der Waals surface area contributed by atoms with Crippen LogP contribution in [0.2, 0.25) is 0 Å². The number of aromatic hydroxyl groups is 1. The number of fused-ring (bicyclic) bond motifs is 1. The van der Waals surface area contributed by atoms with Crippen molar-refractivity contribution in [1.82, 2.24) is 0 Å². The standard InChI is InChI=1S/C18H22O5/c1-4-5-6-7-11-21-17-16(22-12(2)3)13-9-8-10-14(19)15(13)23-18(17)20/h5-6,8-10,12,19H,4,7,11H2,1-3H3. The van der Waals surface area contributed by atoms with Gasteiger partial charge in [0.1, 0.15) is 0 Å². The Hall–Kier alpha value is -2.43. The molecule has 1 aromatic heterocycles. The maximum Gasteiger partial charge on any atom is 0.383 e. The minimum Gasteiger partial charge on any atom is -0.504 e. The molecule has 0 bridgehead atoms. The highest BCUT2D eigenvalue weighted by Gasteiger charge is 2.20. The summed E-state index contributed by atoms with van der Waals surface area (Å²) in [6.45, 7) is 6.12. The smallest absolute Gasteiger partial charge is 0.383 e. The van der Waals surface area contributed by atoms with E-state index in [0.717, 1.165) is 6.42 Å². The average molecular weight is 318 g/mol. The molecule has 0 unspecified atom stereocenters. The fraction of sp³-hybridized carbons (Fsp3) is 0.389. The second kappa shape index (κ2) is 7.72. The minimum absolute atomic E-state index is 0.0432. The summed E-state index contributed by atoms with van der Waals surface area (Å²) in [4.78, 5) is 12.2. The highest BCUT2D eigenvalue weighted by Crippen LogP contribution is 2.36. The van der Waals surface area contributed by atoms with Gasteiger partial charge in [0.25, 0.3) is 0 Å². The number of allylic oxidation sites excluding steroid dienone is 1. The normalized spacial score (nSPS) is 11.5. The van der Waals surface area contributed by atoms with Crippen LogP contribution in [0.25, 0.3) is 11.0 Å². The number of benzene rings is 1. The van der Waals surface area contributed by atoms with Gasteiger partial charge >= 0.3 is 5.63 Å². The molecule has 0 aliphatic rings. The van der Waals surface area contributed by atoms with Crippen LogP contribution < -0.4 is 15.1 Å². The Morgan fingerprint density at radius 1 is 1.26 bits per heavy atom. The van der Waals surface area contributed by atoms with Crippen LogP contribution in [0, 0.1) is 0 Å². The molecule has 0 atom stereocenters. The molecule has 0 saturated heterocycles. The van der Waals surface area contributed by atoms with Crippen molar-refractivity contribution in [2.75, 3.05) is 6.61 Å². The molecule has 1 N–H and O–H groups in total. The topological polar surface area (TPSA) is 68.9 Å². The molecule has 5 nitrogen and oxygen atoms in total. The van der Waals surface area contributed by atoms with Crippen LogP contribution in [-0.4, -0.2) is 17.8 Å². The molecule has 5 heteroatoms. The molecule has 0 amide bonds. The third-order valence-electron chi connectivity index (χ3n) is 3.11. The largest absolute Gasteiger partial charge is 0.504 e. The van der Waals surface area contributed by atoms with Crippen LogP contribution in [0.1, 0.15) is 33.6 Å². The number of ether oxygens (including phenoxy) is 2. The fourth-order valence-corrected chi connectivity index (χ4v) is 2.16. The van der Waals surface area contributed by atoms with Crippen molar-refractivity contribution in [3.8, 4) is 17.2 Å². The zero-order valence-electron chi connectivity index (χ0n) is 13.7. The van der Waals surface area contributed by atoms with Crippen molar-refractivity contribution < 1.29 is 19.0 Å². The summed E-state index contributed by atoms with van der Waals surface area (Å²) in [6.07, 6.45) is 5.53. The third kappa shape index (κ3) is 4.06. The molecule has 23 heavy (non-hydrogen) atoms. The van der Waals surface area contributed by atoms with E-state index in [1.54, 1.807) is 12.1 Å². The van der Waals surface area contributed by atoms with Gasteiger partial charge in [0.15, 0.2) is 17.1 Å². The summed E-state index contributed by atoms with van der Waals surface area (Å²) >= 11 is 0. The second-order valence-electron chi connectivity index (χ2n) is 5.38. The summed E-state index contributed by atoms with van der Waals surface area (Å²) in [5.74, 6) is 0.244. The van der Waals surface area contributed by atoms with Gasteiger partial charge in [0.2, 0.25) is 5.75 Å². The van der Waals surface area contributed by atoms with Gasteiger partial charge in [0, 0.05) is 0 Å². The zero-order chi connectivity index (χ0) is 16.8. The minimum atomic E-state index is -0.658. The van der Waals surface area contributed by atoms with E-state index in [1.807, 2.05) is 26.0 Å². The SMILES string of the molecule is CCC=CCCOc1c(OC(C)C)c2cccc(O)c2oc1=O. The Morgan fingerprint density at radius 3 is 2.74 bits per heavy atom. The Balaban J connectivity index is 2.43. The molecule has 0 radical (unpaired) electrons. The third-order valence-corrected chi connectivity index (χ3v) is 3.11. The first-order valence-corrected chi connectivity index (χ1v) is 7.77. The Kier molecular flexibility index (Phi) is 5.68. The lowest BCUT2D eigenvalue weighted by Gasteiger charge is -2.15. The Bertz CT molecular complexity index is 743. The first-order chi connectivity index (χ1) is 11.0. The van der Waals surface area contributed by atoms with E-state index in [-0.39, 0.29) is 23.2 Å². The van der Waals surface area contributed by atoms with Crippen molar-refractivity contribution in [3.05, 3.63) is 40.8 Å². The van der Waals surface area contributed by atoms with Gasteiger partial charge in [-0.1, -0.05) is 25.1 Å². The first kappa shape index (κ1) is 16.9. The predicted molar refractivity (Wildman–Crippen MR) is 89.5 cm³/mol. The summed E-state index contributed by atoms with van der Waals surface area (Å²) in [6, 6.07) is 4.85. The number of phenols is 1. The van der Waals surface area contributed by atoms with E-state index in [2.05, 4.69) is 6.92 Å². The molecule has 2 aromatic rings. The lowest BCUT2D eigenvalue weighted by atomic mass is 10.2. The van der Waals surface area contributed by atoms with Gasteiger partial charge in [0.05, 0.1) is 18.1 Å². The molecular formula is C18H22O5. The number of rotatable bonds is 7. The van der Waals surface area contributed by atoms with Gasteiger partial charge in [-0.2, -0.15) is 0 Å². The molecule has 1 heterocycles. The second-order valence-corrected chi connectivity index (χ2v) is 5.38. The van der Waals surface area contributed by atoms with Crippen LogP contribution in [-0.2, 0) is 0 Å². The number of hydrogen-bond donors (Lipinski definition) is 1. The highest BCUT2D eigenvalue weighted by molar-refractivity contribution is 5.89. The van der Waals surface area contributed by atoms with E-state index in [0.29, 0.717) is 24.2 Å². The van der Waals surface area contributed by atoms with Crippen LogP contribution in [0.4, 0.5) is 0 Å². The molecule has 1 aromatic carbocycles. The molecule has 0 spiro atoms. The monoisotopic (exact) mass is 318 g/mol. The summed E-state index contributed by atoms with van der Waals surface area (Å²) in [5.41, 5.74) is -0.555. The van der Waals surface area contributed by atoms with Crippen molar-refractivity contribution in [2.24, 2.45) is 0 Å². The number of phenolic OH excluding ortho intramolecular Hbond substituents is 1. The van der Waals surface area contributed by atoms with E-state index in [9.17, 15) is 9.90 Å². The Morgan fingerprint density at radius 2 is 2.04 bits per heavy atom. The number of para-hydroxylation sites is 1. The summed E-state index contributed by atoms with van der Waals surface area (Å²) in [5, 5.41) is 10.4. The van der Waals surface area contributed by atoms with Crippen LogP contribution >= 0.6 is 0 Å². The van der Waals surface area contributed by atoms with E-state index in [4.69, 9.17) is 13.9 Å². The number of hydrogen-bond acceptors (Lipinski definition) is 5. The maximum atomic E-state index is 12.2. The van der Waals surface area contributed by atoms with Gasteiger partial charge in [-0.05, 0) is 38.8 Å². The van der Waals surface area contributed by atoms with Crippen molar-refractivity contribution in [3.63, 3.8) is 0 Å². The van der Waals surface area contributed by atoms with Crippen molar-refractivity contribution in [2.45, 2.75) is 39.7 Å². The summed E-state index contributed by atoms with van der Waals surface area (Å²) in [7, 11) is 0. The van der Waals surface area contributed by atoms with Crippen LogP contribution in [0.15, 0.2) is 39.6 Å². The molecule has 0 aliphatic carbocycles. The van der Waals surface area contributed by atoms with Gasteiger partial charge in [-0.25, -0.2) is 4.79 Å². The quantitative estimate of drug-likeness (QED) is 0.474. The van der Waals surface area contributed by atoms with Crippen molar-refractivity contribution in [1.29, 1.82) is 0 Å². The van der Waals surface area contributed by atoms with Crippen LogP contribution in [0.5, 0.6) is 17.2 Å².